The van der Waals surface area contributed by atoms with Crippen molar-refractivity contribution in [3.63, 3.8) is 0 Å². The molecule has 1 N–H and O–H groups in total. The van der Waals surface area contributed by atoms with E-state index in [2.05, 4.69) is 5.32 Å². The number of fused-ring (bicyclic) bond motifs is 4. The van der Waals surface area contributed by atoms with Crippen LogP contribution in [0, 0.1) is 15.5 Å². The number of imide groups is 2. The summed E-state index contributed by atoms with van der Waals surface area (Å²) < 4.78 is 0. The van der Waals surface area contributed by atoms with Crippen LogP contribution in [0.5, 0.6) is 0 Å². The second-order valence-electron chi connectivity index (χ2n) is 8.57. The Labute approximate surface area is 193 Å². The first-order valence-electron chi connectivity index (χ1n) is 10.4. The van der Waals surface area contributed by atoms with Gasteiger partial charge in [0.25, 0.3) is 11.6 Å². The summed E-state index contributed by atoms with van der Waals surface area (Å²) in [5.74, 6) is -1.34. The average molecular weight is 470 g/mol. The van der Waals surface area contributed by atoms with E-state index < -0.39 is 34.2 Å². The van der Waals surface area contributed by atoms with Gasteiger partial charge in [0.1, 0.15) is 0 Å². The van der Waals surface area contributed by atoms with Gasteiger partial charge < -0.3 is 9.80 Å². The smallest absolute Gasteiger partial charge is 0.335 e. The number of urea groups is 1. The van der Waals surface area contributed by atoms with Crippen LogP contribution in [0.15, 0.2) is 42.5 Å². The summed E-state index contributed by atoms with van der Waals surface area (Å²) in [5, 5.41) is 14.2. The summed E-state index contributed by atoms with van der Waals surface area (Å²) in [6, 6.07) is 9.31. The molecule has 2 aromatic rings. The fraction of sp³-hybridized carbons (Fsp3) is 0.318. The Kier molecular flexibility index (Phi) is 4.87. The molecule has 33 heavy (non-hydrogen) atoms. The first-order valence-corrected chi connectivity index (χ1v) is 10.8. The van der Waals surface area contributed by atoms with E-state index in [1.807, 2.05) is 16.8 Å². The molecule has 2 saturated heterocycles. The van der Waals surface area contributed by atoms with Crippen molar-refractivity contribution in [2.24, 2.45) is 5.41 Å². The van der Waals surface area contributed by atoms with E-state index in [0.717, 1.165) is 10.6 Å². The van der Waals surface area contributed by atoms with Crippen molar-refractivity contribution in [3.8, 4) is 0 Å². The molecule has 3 aliphatic rings. The maximum absolute atomic E-state index is 14.0. The number of piperazine rings is 1. The van der Waals surface area contributed by atoms with Gasteiger partial charge in [-0.2, -0.15) is 0 Å². The van der Waals surface area contributed by atoms with Crippen molar-refractivity contribution in [1.29, 1.82) is 0 Å². The van der Waals surface area contributed by atoms with Gasteiger partial charge in [0.2, 0.25) is 5.91 Å². The van der Waals surface area contributed by atoms with Gasteiger partial charge in [-0.1, -0.05) is 11.6 Å². The Morgan fingerprint density at radius 2 is 1.85 bits per heavy atom. The van der Waals surface area contributed by atoms with Crippen molar-refractivity contribution in [2.75, 3.05) is 36.5 Å². The molecule has 2 atom stereocenters. The molecule has 0 unspecified atom stereocenters. The number of anilines is 2. The molecule has 11 heteroatoms. The fourth-order valence-corrected chi connectivity index (χ4v) is 5.21. The Morgan fingerprint density at radius 3 is 2.55 bits per heavy atom. The van der Waals surface area contributed by atoms with Crippen LogP contribution in [-0.2, 0) is 16.0 Å². The zero-order valence-electron chi connectivity index (χ0n) is 17.7. The highest BCUT2D eigenvalue weighted by Gasteiger charge is 2.63. The highest BCUT2D eigenvalue weighted by atomic mass is 35.5. The Bertz CT molecular complexity index is 1200. The molecular weight excluding hydrogens is 450 g/mol. The van der Waals surface area contributed by atoms with Gasteiger partial charge >= 0.3 is 6.03 Å². The van der Waals surface area contributed by atoms with E-state index >= 15 is 0 Å². The number of halogens is 1. The number of nitrogens with zero attached hydrogens (tertiary/aromatic N) is 4. The lowest BCUT2D eigenvalue weighted by Gasteiger charge is -2.54. The third kappa shape index (κ3) is 3.17. The number of nitrogens with one attached hydrogen (secondary N) is 1. The molecule has 0 aliphatic carbocycles. The van der Waals surface area contributed by atoms with Gasteiger partial charge in [0.05, 0.1) is 16.7 Å². The van der Waals surface area contributed by atoms with Gasteiger partial charge in [-0.3, -0.25) is 25.0 Å². The number of carbonyl (C=O) groups excluding carboxylic acids is 3. The van der Waals surface area contributed by atoms with E-state index in [-0.39, 0.29) is 17.8 Å². The van der Waals surface area contributed by atoms with Crippen molar-refractivity contribution in [3.05, 3.63) is 63.2 Å². The van der Waals surface area contributed by atoms with E-state index in [4.69, 9.17) is 11.6 Å². The third-order valence-electron chi connectivity index (χ3n) is 6.70. The molecule has 4 amide bonds. The molecule has 10 nitrogen and oxygen atoms in total. The summed E-state index contributed by atoms with van der Waals surface area (Å²) in [6.45, 7) is 1.64. The lowest BCUT2D eigenvalue weighted by molar-refractivity contribution is -0.384. The number of likely N-dealkylation sites (N-methyl/N-ethyl adjacent to an activating group) is 1. The van der Waals surface area contributed by atoms with Crippen LogP contribution < -0.4 is 15.1 Å². The van der Waals surface area contributed by atoms with Crippen LogP contribution in [0.3, 0.4) is 0 Å². The van der Waals surface area contributed by atoms with Crippen LogP contribution >= 0.6 is 11.6 Å². The summed E-state index contributed by atoms with van der Waals surface area (Å²) >= 11 is 5.97. The third-order valence-corrected chi connectivity index (χ3v) is 6.96. The Morgan fingerprint density at radius 1 is 1.12 bits per heavy atom. The van der Waals surface area contributed by atoms with E-state index in [9.17, 15) is 24.5 Å². The monoisotopic (exact) mass is 469 g/mol. The molecule has 0 saturated carbocycles. The normalized spacial score (nSPS) is 25.0. The molecule has 170 valence electrons. The maximum Gasteiger partial charge on any atom is 0.335 e. The van der Waals surface area contributed by atoms with Gasteiger partial charge in [-0.05, 0) is 42.9 Å². The minimum atomic E-state index is -1.63. The summed E-state index contributed by atoms with van der Waals surface area (Å²) in [6.07, 6.45) is -0.0545. The van der Waals surface area contributed by atoms with Crippen LogP contribution in [0.25, 0.3) is 0 Å². The minimum Gasteiger partial charge on any atom is -0.364 e. The van der Waals surface area contributed by atoms with Crippen molar-refractivity contribution < 1.29 is 19.3 Å². The molecule has 3 heterocycles. The number of carbonyl (C=O) groups is 3. The van der Waals surface area contributed by atoms with Crippen LogP contribution in [0.1, 0.15) is 5.56 Å². The number of hydrogen-bond donors (Lipinski definition) is 1. The highest BCUT2D eigenvalue weighted by Crippen LogP contribution is 2.47. The summed E-state index contributed by atoms with van der Waals surface area (Å²) in [4.78, 5) is 56.1. The number of barbiturate groups is 1. The maximum atomic E-state index is 14.0. The van der Waals surface area contributed by atoms with E-state index in [1.165, 1.54) is 24.3 Å². The number of hydrogen-bond acceptors (Lipinski definition) is 7. The lowest BCUT2D eigenvalue weighted by atomic mass is 9.67. The molecule has 0 bridgehead atoms. The molecule has 2 fully saturated rings. The Hall–Kier alpha value is -3.50. The van der Waals surface area contributed by atoms with E-state index in [1.54, 1.807) is 18.2 Å². The first kappa shape index (κ1) is 21.4. The number of nitro groups is 1. The zero-order valence-corrected chi connectivity index (χ0v) is 18.4. The first-order chi connectivity index (χ1) is 15.7. The fourth-order valence-electron chi connectivity index (χ4n) is 5.08. The largest absolute Gasteiger partial charge is 0.364 e. The molecule has 2 aromatic carbocycles. The van der Waals surface area contributed by atoms with Crippen LogP contribution in [0.2, 0.25) is 5.02 Å². The van der Waals surface area contributed by atoms with Gasteiger partial charge in [0.15, 0.2) is 5.41 Å². The van der Waals surface area contributed by atoms with Crippen LogP contribution in [-0.4, -0.2) is 60.4 Å². The number of nitro benzene ring substituents is 1. The van der Waals surface area contributed by atoms with Gasteiger partial charge in [-0.25, -0.2) is 9.69 Å². The molecule has 3 aliphatic heterocycles. The standard InChI is InChI=1S/C22H20ClN5O5/c1-25-8-9-26-17-7-6-16(28(32)33)10-13(17)11-22(18(26)12-25)19(29)24-21(31)27(20(22)30)15-4-2-14(23)3-5-15/h2-7,10,18H,8-9,11-12H2,1H3,(H,24,29,31)/t18-,22+/m1/s1. The van der Waals surface area contributed by atoms with Crippen molar-refractivity contribution >= 4 is 46.5 Å². The number of amides is 4. The van der Waals surface area contributed by atoms with Crippen molar-refractivity contribution in [2.45, 2.75) is 12.5 Å². The van der Waals surface area contributed by atoms with Gasteiger partial charge in [0, 0.05) is 48.9 Å². The highest BCUT2D eigenvalue weighted by molar-refractivity contribution is 6.32. The lowest BCUT2D eigenvalue weighted by Crippen LogP contribution is -2.75. The van der Waals surface area contributed by atoms with Crippen molar-refractivity contribution in [1.82, 2.24) is 10.2 Å². The number of non-ortho nitro benzene ring substituents is 1. The molecule has 1 spiro atoms. The van der Waals surface area contributed by atoms with Gasteiger partial charge in [-0.15, -0.1) is 0 Å². The second-order valence-corrected chi connectivity index (χ2v) is 9.00. The quantitative estimate of drug-likeness (QED) is 0.407. The topological polar surface area (TPSA) is 116 Å². The molecular formula is C22H20ClN5O5. The average Bonchev–Trinajstić information content (AvgIpc) is 2.78. The zero-order chi connectivity index (χ0) is 23.5. The number of benzene rings is 2. The Balaban J connectivity index is 1.68. The van der Waals surface area contributed by atoms with Crippen LogP contribution in [0.4, 0.5) is 21.9 Å². The predicted molar refractivity (Wildman–Crippen MR) is 120 cm³/mol. The molecule has 0 aromatic heterocycles. The van der Waals surface area contributed by atoms with E-state index in [0.29, 0.717) is 30.2 Å². The SMILES string of the molecule is CN1CCN2c3ccc([N+](=O)[O-])cc3C[C@@]3(C(=O)NC(=O)N(c4ccc(Cl)cc4)C3=O)[C@H]2C1. The molecule has 0 radical (unpaired) electrons. The molecule has 5 rings (SSSR count). The second kappa shape index (κ2) is 7.53. The summed E-state index contributed by atoms with van der Waals surface area (Å²) in [5.41, 5.74) is -0.177. The number of rotatable bonds is 2. The summed E-state index contributed by atoms with van der Waals surface area (Å²) in [7, 11) is 1.91. The predicted octanol–water partition coefficient (Wildman–Crippen LogP) is 2.19. The minimum absolute atomic E-state index is 0.0545.